The number of hydrogen-bond donors (Lipinski definition) is 0. The molecule has 1 aromatic carbocycles. The second-order valence-corrected chi connectivity index (χ2v) is 4.44. The average molecular weight is 278 g/mol. The predicted octanol–water partition coefficient (Wildman–Crippen LogP) is 4.28. The summed E-state index contributed by atoms with van der Waals surface area (Å²) in [5, 5.41) is 1.04. The molecule has 0 N–H and O–H groups in total. The number of rotatable bonds is 3. The van der Waals surface area contributed by atoms with Gasteiger partial charge in [-0.25, -0.2) is 4.98 Å². The molecule has 0 aliphatic rings. The number of nitrogens with zero attached hydrogens (tertiary/aromatic N) is 1. The molecular formula is C14H9Cl2NO. The minimum absolute atomic E-state index is 0.117. The van der Waals surface area contributed by atoms with Crippen LogP contribution in [0.1, 0.15) is 15.9 Å². The lowest BCUT2D eigenvalue weighted by atomic mass is 10.1. The Balaban J connectivity index is 2.11. The quantitative estimate of drug-likeness (QED) is 0.476. The molecule has 0 amide bonds. The van der Waals surface area contributed by atoms with Gasteiger partial charge in [-0.3, -0.25) is 4.79 Å². The first-order chi connectivity index (χ1) is 8.65. The fourth-order valence-corrected chi connectivity index (χ4v) is 1.60. The molecule has 0 bridgehead atoms. The van der Waals surface area contributed by atoms with Crippen molar-refractivity contribution in [1.29, 1.82) is 0 Å². The number of halogens is 2. The molecule has 4 heteroatoms. The van der Waals surface area contributed by atoms with E-state index in [1.165, 1.54) is 12.3 Å². The molecule has 0 unspecified atom stereocenters. The predicted molar refractivity (Wildman–Crippen MR) is 74.1 cm³/mol. The van der Waals surface area contributed by atoms with Gasteiger partial charge < -0.3 is 0 Å². The van der Waals surface area contributed by atoms with E-state index in [0.717, 1.165) is 5.56 Å². The van der Waals surface area contributed by atoms with Gasteiger partial charge in [-0.1, -0.05) is 41.4 Å². The van der Waals surface area contributed by atoms with Crippen molar-refractivity contribution in [2.24, 2.45) is 0 Å². The molecule has 0 spiro atoms. The maximum Gasteiger partial charge on any atom is 0.187 e. The van der Waals surface area contributed by atoms with Crippen LogP contribution in [0.5, 0.6) is 0 Å². The van der Waals surface area contributed by atoms with Crippen molar-refractivity contribution in [3.05, 3.63) is 70.0 Å². The van der Waals surface area contributed by atoms with Gasteiger partial charge >= 0.3 is 0 Å². The first-order valence-electron chi connectivity index (χ1n) is 5.25. The van der Waals surface area contributed by atoms with Crippen molar-refractivity contribution < 1.29 is 4.79 Å². The van der Waals surface area contributed by atoms with Crippen molar-refractivity contribution >= 4 is 35.1 Å². The monoisotopic (exact) mass is 277 g/mol. The van der Waals surface area contributed by atoms with Crippen molar-refractivity contribution in [3.63, 3.8) is 0 Å². The highest BCUT2D eigenvalue weighted by Gasteiger charge is 2.01. The summed E-state index contributed by atoms with van der Waals surface area (Å²) < 4.78 is 0. The third-order valence-corrected chi connectivity index (χ3v) is 2.78. The van der Waals surface area contributed by atoms with Crippen LogP contribution in [0.25, 0.3) is 6.08 Å². The fourth-order valence-electron chi connectivity index (χ4n) is 1.36. The van der Waals surface area contributed by atoms with Crippen LogP contribution in [0, 0.1) is 0 Å². The summed E-state index contributed by atoms with van der Waals surface area (Å²) in [6.07, 6.45) is 4.68. The molecule has 1 heterocycles. The average Bonchev–Trinajstić information content (AvgIpc) is 2.38. The Bertz CT molecular complexity index is 574. The number of carbonyl (C=O) groups is 1. The standard InChI is InChI=1S/C14H9Cl2NO/c15-12-5-1-10(2-6-12)3-7-13(18)11-4-8-14(16)17-9-11/h1-9H/b7-3+. The largest absolute Gasteiger partial charge is 0.289 e. The lowest BCUT2D eigenvalue weighted by Gasteiger charge is -1.96. The SMILES string of the molecule is O=C(/C=C/c1ccc(Cl)cc1)c1ccc(Cl)nc1. The summed E-state index contributed by atoms with van der Waals surface area (Å²) in [5.74, 6) is -0.117. The second-order valence-electron chi connectivity index (χ2n) is 3.62. The van der Waals surface area contributed by atoms with Crippen LogP contribution in [-0.4, -0.2) is 10.8 Å². The van der Waals surface area contributed by atoms with E-state index < -0.39 is 0 Å². The highest BCUT2D eigenvalue weighted by atomic mass is 35.5. The number of hydrogen-bond acceptors (Lipinski definition) is 2. The first kappa shape index (κ1) is 12.8. The lowest BCUT2D eigenvalue weighted by Crippen LogP contribution is -1.94. The van der Waals surface area contributed by atoms with E-state index in [1.54, 1.807) is 30.3 Å². The van der Waals surface area contributed by atoms with Gasteiger partial charge in [-0.2, -0.15) is 0 Å². The van der Waals surface area contributed by atoms with Gasteiger partial charge in [0.1, 0.15) is 5.15 Å². The molecule has 0 saturated carbocycles. The fraction of sp³-hybridized carbons (Fsp3) is 0. The molecule has 0 atom stereocenters. The maximum absolute atomic E-state index is 11.8. The van der Waals surface area contributed by atoms with E-state index >= 15 is 0 Å². The highest BCUT2D eigenvalue weighted by molar-refractivity contribution is 6.30. The molecule has 90 valence electrons. The summed E-state index contributed by atoms with van der Waals surface area (Å²) in [5.41, 5.74) is 1.42. The van der Waals surface area contributed by atoms with Crippen LogP contribution < -0.4 is 0 Å². The van der Waals surface area contributed by atoms with Gasteiger partial charge in [-0.05, 0) is 35.9 Å². The molecule has 0 radical (unpaired) electrons. The number of allylic oxidation sites excluding steroid dienone is 1. The maximum atomic E-state index is 11.8. The van der Waals surface area contributed by atoms with Gasteiger partial charge in [0.2, 0.25) is 0 Å². The van der Waals surface area contributed by atoms with E-state index in [0.29, 0.717) is 15.7 Å². The normalized spacial score (nSPS) is 10.8. The van der Waals surface area contributed by atoms with E-state index in [4.69, 9.17) is 23.2 Å². The molecular weight excluding hydrogens is 269 g/mol. The van der Waals surface area contributed by atoms with Crippen molar-refractivity contribution in [3.8, 4) is 0 Å². The lowest BCUT2D eigenvalue weighted by molar-refractivity contribution is 0.104. The topological polar surface area (TPSA) is 30.0 Å². The van der Waals surface area contributed by atoms with Crippen molar-refractivity contribution in [2.75, 3.05) is 0 Å². The van der Waals surface area contributed by atoms with E-state index in [9.17, 15) is 4.79 Å². The number of ketones is 1. The highest BCUT2D eigenvalue weighted by Crippen LogP contribution is 2.12. The summed E-state index contributed by atoms with van der Waals surface area (Å²) in [7, 11) is 0. The van der Waals surface area contributed by atoms with Crippen molar-refractivity contribution in [2.45, 2.75) is 0 Å². The van der Waals surface area contributed by atoms with Crippen LogP contribution in [-0.2, 0) is 0 Å². The molecule has 0 saturated heterocycles. The van der Waals surface area contributed by atoms with Gasteiger partial charge in [-0.15, -0.1) is 0 Å². The Morgan fingerprint density at radius 1 is 1.06 bits per heavy atom. The van der Waals surface area contributed by atoms with Crippen molar-refractivity contribution in [1.82, 2.24) is 4.98 Å². The number of aromatic nitrogens is 1. The summed E-state index contributed by atoms with van der Waals surface area (Å²) in [4.78, 5) is 15.7. The Labute approximate surface area is 115 Å². The van der Waals surface area contributed by atoms with Crippen LogP contribution in [0.3, 0.4) is 0 Å². The zero-order chi connectivity index (χ0) is 13.0. The van der Waals surface area contributed by atoms with Gasteiger partial charge in [0.05, 0.1) is 0 Å². The Morgan fingerprint density at radius 2 is 1.78 bits per heavy atom. The molecule has 0 aliphatic heterocycles. The number of pyridine rings is 1. The Hall–Kier alpha value is -1.64. The molecule has 0 aliphatic carbocycles. The third-order valence-electron chi connectivity index (χ3n) is 2.31. The zero-order valence-electron chi connectivity index (χ0n) is 9.31. The van der Waals surface area contributed by atoms with Crippen LogP contribution in [0.15, 0.2) is 48.7 Å². The van der Waals surface area contributed by atoms with Crippen LogP contribution in [0.4, 0.5) is 0 Å². The first-order valence-corrected chi connectivity index (χ1v) is 6.00. The number of carbonyl (C=O) groups excluding carboxylic acids is 1. The Kier molecular flexibility index (Phi) is 4.13. The molecule has 18 heavy (non-hydrogen) atoms. The summed E-state index contributed by atoms with van der Waals surface area (Å²) in [6.45, 7) is 0. The van der Waals surface area contributed by atoms with Gasteiger partial charge in [0.15, 0.2) is 5.78 Å². The molecule has 2 rings (SSSR count). The molecule has 0 fully saturated rings. The number of benzene rings is 1. The summed E-state index contributed by atoms with van der Waals surface area (Å²) >= 11 is 11.4. The van der Waals surface area contributed by atoms with E-state index in [1.807, 2.05) is 12.1 Å². The molecule has 2 aromatic rings. The second kappa shape index (κ2) is 5.80. The Morgan fingerprint density at radius 3 is 2.39 bits per heavy atom. The van der Waals surface area contributed by atoms with E-state index in [-0.39, 0.29) is 5.78 Å². The smallest absolute Gasteiger partial charge is 0.187 e. The third kappa shape index (κ3) is 3.42. The molecule has 1 aromatic heterocycles. The minimum Gasteiger partial charge on any atom is -0.289 e. The zero-order valence-corrected chi connectivity index (χ0v) is 10.8. The van der Waals surface area contributed by atoms with E-state index in [2.05, 4.69) is 4.98 Å². The summed E-state index contributed by atoms with van der Waals surface area (Å²) in [6, 6.07) is 10.5. The molecule has 2 nitrogen and oxygen atoms in total. The van der Waals surface area contributed by atoms with Crippen LogP contribution >= 0.6 is 23.2 Å². The van der Waals surface area contributed by atoms with Crippen LogP contribution in [0.2, 0.25) is 10.2 Å². The van der Waals surface area contributed by atoms with Gasteiger partial charge in [0.25, 0.3) is 0 Å². The minimum atomic E-state index is -0.117. The van der Waals surface area contributed by atoms with Gasteiger partial charge in [0, 0.05) is 16.8 Å².